The molecule has 0 bridgehead atoms. The molecule has 1 fully saturated rings. The lowest BCUT2D eigenvalue weighted by molar-refractivity contribution is 0.105. The van der Waals surface area contributed by atoms with Crippen molar-refractivity contribution in [1.82, 2.24) is 10.2 Å². The number of hydrogen-bond acceptors (Lipinski definition) is 2. The molecule has 3 heteroatoms. The molecule has 0 radical (unpaired) electrons. The predicted octanol–water partition coefficient (Wildman–Crippen LogP) is 3.47. The highest BCUT2D eigenvalue weighted by molar-refractivity contribution is 6.30. The Hall–Kier alpha value is -0.570. The van der Waals surface area contributed by atoms with Crippen LogP contribution in [0.1, 0.15) is 38.8 Å². The van der Waals surface area contributed by atoms with Gasteiger partial charge in [-0.1, -0.05) is 30.7 Å². The molecule has 100 valence electrons. The molecule has 1 aliphatic rings. The molecule has 2 rings (SSSR count). The topological polar surface area (TPSA) is 15.3 Å². The molecule has 0 aliphatic carbocycles. The minimum atomic E-state index is 0.241. The second kappa shape index (κ2) is 5.60. The zero-order chi connectivity index (χ0) is 13.2. The standard InChI is InChI=1S/C15H23ClN2/c1-4-15(3)11-18(9-8-17-15)12(2)13-6-5-7-14(16)10-13/h5-7,10,12,17H,4,8-9,11H2,1-3H3. The largest absolute Gasteiger partial charge is 0.309 e. The van der Waals surface area contributed by atoms with E-state index in [9.17, 15) is 0 Å². The van der Waals surface area contributed by atoms with E-state index in [1.54, 1.807) is 0 Å². The van der Waals surface area contributed by atoms with Crippen LogP contribution in [0.3, 0.4) is 0 Å². The number of halogens is 1. The van der Waals surface area contributed by atoms with Crippen LogP contribution in [0.15, 0.2) is 24.3 Å². The smallest absolute Gasteiger partial charge is 0.0409 e. The van der Waals surface area contributed by atoms with Crippen LogP contribution in [0.25, 0.3) is 0 Å². The summed E-state index contributed by atoms with van der Waals surface area (Å²) in [5.74, 6) is 0. The van der Waals surface area contributed by atoms with E-state index in [4.69, 9.17) is 11.6 Å². The van der Waals surface area contributed by atoms with Gasteiger partial charge in [-0.25, -0.2) is 0 Å². The molecule has 0 spiro atoms. The lowest BCUT2D eigenvalue weighted by Gasteiger charge is -2.43. The summed E-state index contributed by atoms with van der Waals surface area (Å²) in [4.78, 5) is 2.55. The first-order valence-corrected chi connectivity index (χ1v) is 7.16. The Morgan fingerprint density at radius 3 is 2.94 bits per heavy atom. The van der Waals surface area contributed by atoms with E-state index in [2.05, 4.69) is 43.1 Å². The van der Waals surface area contributed by atoms with Crippen LogP contribution < -0.4 is 5.32 Å². The number of benzene rings is 1. The van der Waals surface area contributed by atoms with Gasteiger partial charge in [0, 0.05) is 36.2 Å². The average Bonchev–Trinajstić information content (AvgIpc) is 2.38. The summed E-state index contributed by atoms with van der Waals surface area (Å²) in [6, 6.07) is 8.65. The van der Waals surface area contributed by atoms with Crippen LogP contribution in [-0.2, 0) is 0 Å². The quantitative estimate of drug-likeness (QED) is 0.901. The first kappa shape index (κ1) is 13.9. The van der Waals surface area contributed by atoms with Crippen molar-refractivity contribution >= 4 is 11.6 Å². The van der Waals surface area contributed by atoms with Crippen molar-refractivity contribution in [2.45, 2.75) is 38.8 Å². The van der Waals surface area contributed by atoms with Crippen molar-refractivity contribution < 1.29 is 0 Å². The molecule has 1 aromatic carbocycles. The molecule has 2 nitrogen and oxygen atoms in total. The number of hydrogen-bond donors (Lipinski definition) is 1. The van der Waals surface area contributed by atoms with Gasteiger partial charge >= 0.3 is 0 Å². The van der Waals surface area contributed by atoms with E-state index >= 15 is 0 Å². The molecule has 0 amide bonds. The molecule has 1 aromatic rings. The van der Waals surface area contributed by atoms with Crippen molar-refractivity contribution in [3.05, 3.63) is 34.9 Å². The minimum Gasteiger partial charge on any atom is -0.309 e. The summed E-state index contributed by atoms with van der Waals surface area (Å²) in [6.07, 6.45) is 1.16. The molecule has 2 unspecified atom stereocenters. The van der Waals surface area contributed by atoms with Crippen LogP contribution in [0.5, 0.6) is 0 Å². The number of piperazine rings is 1. The Morgan fingerprint density at radius 1 is 1.50 bits per heavy atom. The SMILES string of the molecule is CCC1(C)CN(C(C)c2cccc(Cl)c2)CCN1. The molecular weight excluding hydrogens is 244 g/mol. The van der Waals surface area contributed by atoms with Crippen molar-refractivity contribution in [2.75, 3.05) is 19.6 Å². The zero-order valence-electron chi connectivity index (χ0n) is 11.5. The maximum absolute atomic E-state index is 6.08. The Labute approximate surface area is 115 Å². The lowest BCUT2D eigenvalue weighted by atomic mass is 9.94. The Balaban J connectivity index is 2.11. The van der Waals surface area contributed by atoms with E-state index in [0.717, 1.165) is 31.1 Å². The third-order valence-electron chi connectivity index (χ3n) is 4.16. The van der Waals surface area contributed by atoms with Crippen molar-refractivity contribution in [1.29, 1.82) is 0 Å². The summed E-state index contributed by atoms with van der Waals surface area (Å²) in [6.45, 7) is 10.1. The summed E-state index contributed by atoms with van der Waals surface area (Å²) in [7, 11) is 0. The van der Waals surface area contributed by atoms with E-state index in [0.29, 0.717) is 6.04 Å². The van der Waals surface area contributed by atoms with E-state index < -0.39 is 0 Å². The van der Waals surface area contributed by atoms with Gasteiger partial charge in [0.15, 0.2) is 0 Å². The molecule has 1 aliphatic heterocycles. The minimum absolute atomic E-state index is 0.241. The van der Waals surface area contributed by atoms with Gasteiger partial charge in [0.1, 0.15) is 0 Å². The van der Waals surface area contributed by atoms with Gasteiger partial charge in [-0.05, 0) is 38.0 Å². The number of rotatable bonds is 3. The molecule has 1 heterocycles. The van der Waals surface area contributed by atoms with Crippen LogP contribution in [-0.4, -0.2) is 30.1 Å². The van der Waals surface area contributed by atoms with Crippen molar-refractivity contribution in [3.63, 3.8) is 0 Å². The maximum atomic E-state index is 6.08. The van der Waals surface area contributed by atoms with E-state index in [1.807, 2.05) is 12.1 Å². The van der Waals surface area contributed by atoms with Gasteiger partial charge in [-0.3, -0.25) is 4.90 Å². The van der Waals surface area contributed by atoms with Gasteiger partial charge in [-0.15, -0.1) is 0 Å². The molecular formula is C15H23ClN2. The van der Waals surface area contributed by atoms with Crippen LogP contribution >= 0.6 is 11.6 Å². The third kappa shape index (κ3) is 3.05. The molecule has 1 saturated heterocycles. The molecule has 0 aromatic heterocycles. The van der Waals surface area contributed by atoms with Gasteiger partial charge in [0.05, 0.1) is 0 Å². The predicted molar refractivity (Wildman–Crippen MR) is 78.1 cm³/mol. The number of nitrogens with zero attached hydrogens (tertiary/aromatic N) is 1. The first-order valence-electron chi connectivity index (χ1n) is 6.78. The summed E-state index contributed by atoms with van der Waals surface area (Å²) in [5.41, 5.74) is 1.55. The third-order valence-corrected chi connectivity index (χ3v) is 4.40. The van der Waals surface area contributed by atoms with E-state index in [-0.39, 0.29) is 5.54 Å². The van der Waals surface area contributed by atoms with Crippen molar-refractivity contribution in [2.24, 2.45) is 0 Å². The first-order chi connectivity index (χ1) is 8.54. The highest BCUT2D eigenvalue weighted by Gasteiger charge is 2.31. The normalized spacial score (nSPS) is 27.1. The Bertz CT molecular complexity index is 407. The van der Waals surface area contributed by atoms with Crippen molar-refractivity contribution in [3.8, 4) is 0 Å². The molecule has 1 N–H and O–H groups in total. The second-order valence-electron chi connectivity index (χ2n) is 5.54. The van der Waals surface area contributed by atoms with E-state index in [1.165, 1.54) is 5.56 Å². The summed E-state index contributed by atoms with van der Waals surface area (Å²) < 4.78 is 0. The van der Waals surface area contributed by atoms with Crippen LogP contribution in [0, 0.1) is 0 Å². The van der Waals surface area contributed by atoms with Crippen LogP contribution in [0.4, 0.5) is 0 Å². The fourth-order valence-corrected chi connectivity index (χ4v) is 2.83. The van der Waals surface area contributed by atoms with Gasteiger partial charge in [-0.2, -0.15) is 0 Å². The lowest BCUT2D eigenvalue weighted by Crippen LogP contribution is -2.58. The maximum Gasteiger partial charge on any atom is 0.0409 e. The molecule has 0 saturated carbocycles. The Morgan fingerprint density at radius 2 is 2.28 bits per heavy atom. The van der Waals surface area contributed by atoms with Gasteiger partial charge in [0.2, 0.25) is 0 Å². The fourth-order valence-electron chi connectivity index (χ4n) is 2.63. The summed E-state index contributed by atoms with van der Waals surface area (Å²) >= 11 is 6.08. The Kier molecular flexibility index (Phi) is 4.31. The monoisotopic (exact) mass is 266 g/mol. The van der Waals surface area contributed by atoms with Gasteiger partial charge in [0.25, 0.3) is 0 Å². The van der Waals surface area contributed by atoms with Crippen LogP contribution in [0.2, 0.25) is 5.02 Å². The highest BCUT2D eigenvalue weighted by atomic mass is 35.5. The average molecular weight is 267 g/mol. The summed E-state index contributed by atoms with van der Waals surface area (Å²) in [5, 5.41) is 4.45. The second-order valence-corrected chi connectivity index (χ2v) is 5.98. The van der Waals surface area contributed by atoms with Gasteiger partial charge < -0.3 is 5.32 Å². The highest BCUT2D eigenvalue weighted by Crippen LogP contribution is 2.26. The zero-order valence-corrected chi connectivity index (χ0v) is 12.3. The molecule has 18 heavy (non-hydrogen) atoms. The number of nitrogens with one attached hydrogen (secondary N) is 1. The fraction of sp³-hybridized carbons (Fsp3) is 0.600. The molecule has 2 atom stereocenters.